The lowest BCUT2D eigenvalue weighted by atomic mass is 10.0. The highest BCUT2D eigenvalue weighted by atomic mass is 15.2. The Bertz CT molecular complexity index is 759. The lowest BCUT2D eigenvalue weighted by molar-refractivity contribution is 0.313. The molecule has 0 spiro atoms. The number of hydrogen-bond donors (Lipinski definition) is 0. The Balaban J connectivity index is 0.000000258. The van der Waals surface area contributed by atoms with Crippen LogP contribution in [0.25, 0.3) is 11.1 Å². The zero-order valence-corrected chi connectivity index (χ0v) is 19.8. The van der Waals surface area contributed by atoms with Crippen molar-refractivity contribution < 1.29 is 0 Å². The minimum Gasteiger partial charge on any atom is -0.369 e. The predicted octanol–water partition coefficient (Wildman–Crippen LogP) is 7.15. The van der Waals surface area contributed by atoms with Crippen molar-refractivity contribution in [3.05, 3.63) is 90.5 Å². The fraction of sp³-hybridized carbons (Fsp3) is 0.357. The molecule has 0 saturated carbocycles. The molecule has 30 heavy (non-hydrogen) atoms. The van der Waals surface area contributed by atoms with Crippen LogP contribution in [0.2, 0.25) is 0 Å². The van der Waals surface area contributed by atoms with E-state index in [-0.39, 0.29) is 0 Å². The number of para-hydroxylation sites is 1. The van der Waals surface area contributed by atoms with Gasteiger partial charge in [0, 0.05) is 31.9 Å². The minimum atomic E-state index is 1.15. The van der Waals surface area contributed by atoms with Gasteiger partial charge in [0.15, 0.2) is 0 Å². The summed E-state index contributed by atoms with van der Waals surface area (Å²) < 4.78 is 0. The monoisotopic (exact) mass is 404 g/mol. The molecule has 1 saturated heterocycles. The molecule has 2 heteroatoms. The molecule has 1 heterocycles. The van der Waals surface area contributed by atoms with Crippen LogP contribution in [0.15, 0.2) is 84.9 Å². The molecule has 0 amide bonds. The third-order valence-electron chi connectivity index (χ3n) is 4.78. The largest absolute Gasteiger partial charge is 0.369 e. The summed E-state index contributed by atoms with van der Waals surface area (Å²) in [4.78, 5) is 4.82. The van der Waals surface area contributed by atoms with Gasteiger partial charge in [0.2, 0.25) is 0 Å². The SMILES string of the molecule is CC.CC.CN1CCN(c2ccccc2)CC1.Cc1ccc(-c2ccccc2)cc1. The zero-order valence-electron chi connectivity index (χ0n) is 19.8. The van der Waals surface area contributed by atoms with Gasteiger partial charge >= 0.3 is 0 Å². The van der Waals surface area contributed by atoms with E-state index in [1.54, 1.807) is 0 Å². The molecule has 1 aliphatic rings. The van der Waals surface area contributed by atoms with Crippen molar-refractivity contribution in [3.63, 3.8) is 0 Å². The number of benzene rings is 3. The first-order chi connectivity index (χ1) is 14.7. The quantitative estimate of drug-likeness (QED) is 0.447. The number of nitrogens with zero attached hydrogens (tertiary/aromatic N) is 2. The number of piperazine rings is 1. The van der Waals surface area contributed by atoms with Crippen LogP contribution < -0.4 is 4.90 Å². The van der Waals surface area contributed by atoms with Crippen molar-refractivity contribution in [3.8, 4) is 11.1 Å². The number of anilines is 1. The summed E-state index contributed by atoms with van der Waals surface area (Å²) in [6.45, 7) is 14.8. The van der Waals surface area contributed by atoms with Crippen LogP contribution in [0, 0.1) is 6.92 Å². The third kappa shape index (κ3) is 8.84. The Kier molecular flexibility index (Phi) is 13.0. The minimum absolute atomic E-state index is 1.15. The van der Waals surface area contributed by atoms with Gasteiger partial charge in [-0.05, 0) is 37.2 Å². The van der Waals surface area contributed by atoms with Crippen molar-refractivity contribution >= 4 is 5.69 Å². The van der Waals surface area contributed by atoms with E-state index < -0.39 is 0 Å². The Morgan fingerprint density at radius 1 is 0.533 bits per heavy atom. The molecule has 0 atom stereocenters. The standard InChI is InChI=1S/C13H12.C11H16N2.2C2H6/c1-11-7-9-13(10-8-11)12-5-3-2-4-6-12;1-12-7-9-13(10-8-12)11-5-3-2-4-6-11;2*1-2/h2-10H,1H3;2-6H,7-10H2,1H3;2*1-2H3. The molecule has 3 aromatic rings. The molecular weight excluding hydrogens is 364 g/mol. The molecule has 0 unspecified atom stereocenters. The van der Waals surface area contributed by atoms with Crippen molar-refractivity contribution in [2.75, 3.05) is 38.1 Å². The van der Waals surface area contributed by atoms with Gasteiger partial charge in [-0.25, -0.2) is 0 Å². The molecule has 1 fully saturated rings. The molecule has 0 aromatic heterocycles. The van der Waals surface area contributed by atoms with Gasteiger partial charge in [-0.15, -0.1) is 0 Å². The highest BCUT2D eigenvalue weighted by Crippen LogP contribution is 2.18. The van der Waals surface area contributed by atoms with E-state index >= 15 is 0 Å². The third-order valence-corrected chi connectivity index (χ3v) is 4.78. The molecule has 1 aliphatic heterocycles. The maximum absolute atomic E-state index is 2.44. The van der Waals surface area contributed by atoms with Gasteiger partial charge in [-0.1, -0.05) is 106 Å². The van der Waals surface area contributed by atoms with Crippen molar-refractivity contribution in [1.82, 2.24) is 4.90 Å². The Hall–Kier alpha value is -2.58. The molecule has 2 nitrogen and oxygen atoms in total. The van der Waals surface area contributed by atoms with E-state index in [0.29, 0.717) is 0 Å². The first-order valence-electron chi connectivity index (χ1n) is 11.3. The van der Waals surface area contributed by atoms with Crippen LogP contribution in [-0.4, -0.2) is 38.1 Å². The molecular formula is C28H40N2. The van der Waals surface area contributed by atoms with E-state index in [0.717, 1.165) is 13.1 Å². The van der Waals surface area contributed by atoms with Gasteiger partial charge in [0.25, 0.3) is 0 Å². The molecule has 0 bridgehead atoms. The Morgan fingerprint density at radius 3 is 1.47 bits per heavy atom. The van der Waals surface area contributed by atoms with Crippen LogP contribution >= 0.6 is 0 Å². The van der Waals surface area contributed by atoms with Gasteiger partial charge in [0.1, 0.15) is 0 Å². The summed E-state index contributed by atoms with van der Waals surface area (Å²) in [5.41, 5.74) is 5.23. The Morgan fingerprint density at radius 2 is 0.967 bits per heavy atom. The summed E-state index contributed by atoms with van der Waals surface area (Å²) in [7, 11) is 2.18. The van der Waals surface area contributed by atoms with E-state index in [4.69, 9.17) is 0 Å². The maximum Gasteiger partial charge on any atom is 0.0367 e. The zero-order chi connectivity index (χ0) is 22.2. The molecule has 0 radical (unpaired) electrons. The van der Waals surface area contributed by atoms with E-state index in [9.17, 15) is 0 Å². The van der Waals surface area contributed by atoms with Crippen LogP contribution in [0.4, 0.5) is 5.69 Å². The summed E-state index contributed by atoms with van der Waals surface area (Å²) in [6, 6.07) is 29.7. The lowest BCUT2D eigenvalue weighted by Crippen LogP contribution is -2.44. The number of rotatable bonds is 2. The smallest absolute Gasteiger partial charge is 0.0367 e. The molecule has 4 rings (SSSR count). The average molecular weight is 405 g/mol. The number of aryl methyl sites for hydroxylation is 1. The van der Waals surface area contributed by atoms with E-state index in [2.05, 4.69) is 103 Å². The highest BCUT2D eigenvalue weighted by molar-refractivity contribution is 5.63. The van der Waals surface area contributed by atoms with Crippen molar-refractivity contribution in [1.29, 1.82) is 0 Å². The first kappa shape index (κ1) is 25.5. The normalized spacial score (nSPS) is 12.9. The molecule has 0 N–H and O–H groups in total. The van der Waals surface area contributed by atoms with Gasteiger partial charge < -0.3 is 9.80 Å². The topological polar surface area (TPSA) is 6.48 Å². The Labute approximate surface area is 185 Å². The van der Waals surface area contributed by atoms with E-state index in [1.807, 2.05) is 33.8 Å². The second-order valence-corrected chi connectivity index (χ2v) is 6.86. The van der Waals surface area contributed by atoms with Gasteiger partial charge in [0.05, 0.1) is 0 Å². The van der Waals surface area contributed by atoms with Crippen LogP contribution in [0.5, 0.6) is 0 Å². The summed E-state index contributed by atoms with van der Waals surface area (Å²) >= 11 is 0. The predicted molar refractivity (Wildman–Crippen MR) is 135 cm³/mol. The van der Waals surface area contributed by atoms with Crippen molar-refractivity contribution in [2.45, 2.75) is 34.6 Å². The highest BCUT2D eigenvalue weighted by Gasteiger charge is 2.13. The maximum atomic E-state index is 2.44. The average Bonchev–Trinajstić information content (AvgIpc) is 2.84. The van der Waals surface area contributed by atoms with Crippen LogP contribution in [-0.2, 0) is 0 Å². The van der Waals surface area contributed by atoms with Crippen LogP contribution in [0.1, 0.15) is 33.3 Å². The lowest BCUT2D eigenvalue weighted by Gasteiger charge is -2.33. The van der Waals surface area contributed by atoms with Gasteiger partial charge in [-0.2, -0.15) is 0 Å². The summed E-state index contributed by atoms with van der Waals surface area (Å²) in [5, 5.41) is 0. The number of hydrogen-bond acceptors (Lipinski definition) is 2. The fourth-order valence-electron chi connectivity index (χ4n) is 3.08. The molecule has 3 aromatic carbocycles. The van der Waals surface area contributed by atoms with Gasteiger partial charge in [-0.3, -0.25) is 0 Å². The second kappa shape index (κ2) is 15.3. The molecule has 162 valence electrons. The van der Waals surface area contributed by atoms with Crippen molar-refractivity contribution in [2.24, 2.45) is 0 Å². The number of likely N-dealkylation sites (N-methyl/N-ethyl adjacent to an activating group) is 1. The van der Waals surface area contributed by atoms with Crippen LogP contribution in [0.3, 0.4) is 0 Å². The summed E-state index contributed by atoms with van der Waals surface area (Å²) in [6.07, 6.45) is 0. The molecule has 0 aliphatic carbocycles. The van der Waals surface area contributed by atoms with E-state index in [1.165, 1.54) is 35.5 Å². The summed E-state index contributed by atoms with van der Waals surface area (Å²) in [5.74, 6) is 0. The second-order valence-electron chi connectivity index (χ2n) is 6.86. The fourth-order valence-corrected chi connectivity index (χ4v) is 3.08. The first-order valence-corrected chi connectivity index (χ1v) is 11.3.